The summed E-state index contributed by atoms with van der Waals surface area (Å²) >= 11 is 4.56. The number of fused-ring (bicyclic) bond motifs is 2. The minimum absolute atomic E-state index is 0.204. The second kappa shape index (κ2) is 9.13. The number of esters is 1. The zero-order valence-electron chi connectivity index (χ0n) is 17.6. The van der Waals surface area contributed by atoms with Crippen LogP contribution in [-0.4, -0.2) is 23.5 Å². The summed E-state index contributed by atoms with van der Waals surface area (Å²) in [6.07, 6.45) is 5.13. The van der Waals surface area contributed by atoms with Crippen LogP contribution in [0.25, 0.3) is 20.1 Å². The number of amides is 1. The zero-order valence-corrected chi connectivity index (χ0v) is 20.1. The number of nitrogens with zero attached hydrogens (tertiary/aromatic N) is 1. The summed E-state index contributed by atoms with van der Waals surface area (Å²) in [5.41, 5.74) is 2.57. The molecular formula is C24H22N2O3S3. The van der Waals surface area contributed by atoms with Crippen molar-refractivity contribution >= 4 is 61.1 Å². The normalized spacial score (nSPS) is 13.5. The van der Waals surface area contributed by atoms with Crippen LogP contribution in [0.5, 0.6) is 0 Å². The Hall–Kier alpha value is -2.55. The highest BCUT2D eigenvalue weighted by atomic mass is 32.1. The smallest absolute Gasteiger partial charge is 0.341 e. The third kappa shape index (κ3) is 4.10. The van der Waals surface area contributed by atoms with Crippen molar-refractivity contribution in [2.75, 3.05) is 11.9 Å². The van der Waals surface area contributed by atoms with Gasteiger partial charge >= 0.3 is 5.97 Å². The number of thiophene rings is 2. The molecule has 8 heteroatoms. The lowest BCUT2D eigenvalue weighted by atomic mass is 10.1. The maximum atomic E-state index is 13.1. The van der Waals surface area contributed by atoms with E-state index in [1.54, 1.807) is 18.3 Å². The first-order chi connectivity index (χ1) is 15.6. The van der Waals surface area contributed by atoms with Crippen LogP contribution >= 0.6 is 34.0 Å². The maximum Gasteiger partial charge on any atom is 0.341 e. The van der Waals surface area contributed by atoms with Crippen molar-refractivity contribution in [2.45, 2.75) is 39.0 Å². The van der Waals surface area contributed by atoms with Crippen molar-refractivity contribution in [3.63, 3.8) is 0 Å². The van der Waals surface area contributed by atoms with E-state index >= 15 is 0 Å². The number of hydrogen-bond acceptors (Lipinski definition) is 7. The molecule has 0 saturated heterocycles. The lowest BCUT2D eigenvalue weighted by Gasteiger charge is -2.08. The summed E-state index contributed by atoms with van der Waals surface area (Å²) in [6, 6.07) is 11.8. The minimum atomic E-state index is -0.344. The number of benzene rings is 1. The van der Waals surface area contributed by atoms with Gasteiger partial charge in [0.15, 0.2) is 0 Å². The Kier molecular flexibility index (Phi) is 6.08. The lowest BCUT2D eigenvalue weighted by molar-refractivity contribution is 0.0527. The van der Waals surface area contributed by atoms with E-state index in [0.717, 1.165) is 57.8 Å². The van der Waals surface area contributed by atoms with Crippen LogP contribution in [0.4, 0.5) is 5.00 Å². The number of anilines is 1. The first-order valence-corrected chi connectivity index (χ1v) is 13.2. The van der Waals surface area contributed by atoms with E-state index in [4.69, 9.17) is 4.74 Å². The predicted octanol–water partition coefficient (Wildman–Crippen LogP) is 6.78. The Morgan fingerprint density at radius 2 is 1.88 bits per heavy atom. The number of thiazole rings is 1. The molecule has 4 aromatic rings. The number of ether oxygens (including phenoxy) is 1. The largest absolute Gasteiger partial charge is 0.462 e. The van der Waals surface area contributed by atoms with E-state index in [-0.39, 0.29) is 11.9 Å². The number of rotatable bonds is 5. The molecular weight excluding hydrogens is 460 g/mol. The van der Waals surface area contributed by atoms with Crippen LogP contribution in [0, 0.1) is 0 Å². The lowest BCUT2D eigenvalue weighted by Crippen LogP contribution is -2.14. The fourth-order valence-corrected chi connectivity index (χ4v) is 7.16. The van der Waals surface area contributed by atoms with Gasteiger partial charge in [-0.2, -0.15) is 0 Å². The summed E-state index contributed by atoms with van der Waals surface area (Å²) in [7, 11) is 0. The second-order valence-corrected chi connectivity index (χ2v) is 10.8. The average Bonchev–Trinajstić information content (AvgIpc) is 3.47. The summed E-state index contributed by atoms with van der Waals surface area (Å²) in [6.45, 7) is 2.11. The Morgan fingerprint density at radius 3 is 2.72 bits per heavy atom. The first kappa shape index (κ1) is 21.3. The number of nitrogens with one attached hydrogen (secondary N) is 1. The van der Waals surface area contributed by atoms with Gasteiger partial charge in [0.2, 0.25) is 0 Å². The van der Waals surface area contributed by atoms with Crippen molar-refractivity contribution in [2.24, 2.45) is 0 Å². The molecule has 1 amide bonds. The van der Waals surface area contributed by atoms with Crippen molar-refractivity contribution in [3.05, 3.63) is 57.3 Å². The standard InChI is InChI=1S/C24H22N2O3S3/c1-2-29-24(28)20-14-8-4-3-5-10-16(14)31-23(20)26-21(27)18-12-13-19(30-18)22-25-15-9-6-7-11-17(15)32-22/h6-7,9,11-13H,2-5,8,10H2,1H3,(H,26,27). The third-order valence-corrected chi connectivity index (χ3v) is 8.96. The number of para-hydroxylation sites is 1. The third-order valence-electron chi connectivity index (χ3n) is 5.46. The quantitative estimate of drug-likeness (QED) is 0.251. The van der Waals surface area contributed by atoms with E-state index in [1.165, 1.54) is 27.6 Å². The van der Waals surface area contributed by atoms with Crippen LogP contribution < -0.4 is 5.32 Å². The summed E-state index contributed by atoms with van der Waals surface area (Å²) in [5, 5.41) is 4.52. The number of hydrogen-bond donors (Lipinski definition) is 1. The van der Waals surface area contributed by atoms with Gasteiger partial charge in [-0.25, -0.2) is 9.78 Å². The topological polar surface area (TPSA) is 68.3 Å². The van der Waals surface area contributed by atoms with E-state index < -0.39 is 0 Å². The van der Waals surface area contributed by atoms with Crippen LogP contribution in [0.1, 0.15) is 56.7 Å². The van der Waals surface area contributed by atoms with Gasteiger partial charge in [-0.15, -0.1) is 34.0 Å². The number of carbonyl (C=O) groups is 2. The molecule has 0 spiro atoms. The fourth-order valence-electron chi connectivity index (χ4n) is 3.97. The Labute approximate surface area is 198 Å². The van der Waals surface area contributed by atoms with Gasteiger partial charge in [0, 0.05) is 4.88 Å². The van der Waals surface area contributed by atoms with Crippen molar-refractivity contribution < 1.29 is 14.3 Å². The van der Waals surface area contributed by atoms with Crippen LogP contribution in [0.3, 0.4) is 0 Å². The van der Waals surface area contributed by atoms with Gasteiger partial charge in [0.05, 0.1) is 32.1 Å². The predicted molar refractivity (Wildman–Crippen MR) is 132 cm³/mol. The molecule has 1 aromatic carbocycles. The van der Waals surface area contributed by atoms with E-state index in [0.29, 0.717) is 22.0 Å². The molecule has 3 heterocycles. The molecule has 5 nitrogen and oxygen atoms in total. The molecule has 0 atom stereocenters. The van der Waals surface area contributed by atoms with E-state index in [9.17, 15) is 9.59 Å². The van der Waals surface area contributed by atoms with Gasteiger partial charge in [0.1, 0.15) is 10.0 Å². The fraction of sp³-hybridized carbons (Fsp3) is 0.292. The van der Waals surface area contributed by atoms with Crippen LogP contribution in [-0.2, 0) is 17.6 Å². The Morgan fingerprint density at radius 1 is 1.03 bits per heavy atom. The number of carbonyl (C=O) groups excluding carboxylic acids is 2. The number of aromatic nitrogens is 1. The Bertz CT molecular complexity index is 1270. The van der Waals surface area contributed by atoms with Gasteiger partial charge in [-0.1, -0.05) is 18.6 Å². The summed E-state index contributed by atoms with van der Waals surface area (Å²) < 4.78 is 6.45. The molecule has 0 fully saturated rings. The molecule has 0 saturated carbocycles. The first-order valence-electron chi connectivity index (χ1n) is 10.7. The van der Waals surface area contributed by atoms with Crippen molar-refractivity contribution in [3.8, 4) is 9.88 Å². The highest BCUT2D eigenvalue weighted by Gasteiger charge is 2.27. The highest BCUT2D eigenvalue weighted by Crippen LogP contribution is 2.39. The molecule has 164 valence electrons. The molecule has 0 bridgehead atoms. The van der Waals surface area contributed by atoms with E-state index in [1.807, 2.05) is 30.3 Å². The minimum Gasteiger partial charge on any atom is -0.462 e. The van der Waals surface area contributed by atoms with Gasteiger partial charge in [0.25, 0.3) is 5.91 Å². The highest BCUT2D eigenvalue weighted by molar-refractivity contribution is 7.26. The van der Waals surface area contributed by atoms with Gasteiger partial charge in [-0.05, 0) is 62.4 Å². The molecule has 32 heavy (non-hydrogen) atoms. The molecule has 0 unspecified atom stereocenters. The van der Waals surface area contributed by atoms with Gasteiger partial charge < -0.3 is 10.1 Å². The van der Waals surface area contributed by atoms with Crippen LogP contribution in [0.2, 0.25) is 0 Å². The van der Waals surface area contributed by atoms with Crippen LogP contribution in [0.15, 0.2) is 36.4 Å². The molecule has 3 aromatic heterocycles. The molecule has 0 radical (unpaired) electrons. The van der Waals surface area contributed by atoms with E-state index in [2.05, 4.69) is 16.4 Å². The average molecular weight is 483 g/mol. The maximum absolute atomic E-state index is 13.1. The van der Waals surface area contributed by atoms with Crippen molar-refractivity contribution in [1.82, 2.24) is 4.98 Å². The SMILES string of the molecule is CCOC(=O)c1c(NC(=O)c2ccc(-c3nc4ccccc4s3)s2)sc2c1CCCCC2. The summed E-state index contributed by atoms with van der Waals surface area (Å²) in [4.78, 5) is 33.3. The van der Waals surface area contributed by atoms with Gasteiger partial charge in [-0.3, -0.25) is 4.79 Å². The molecule has 1 aliphatic rings. The second-order valence-electron chi connectivity index (χ2n) is 7.59. The molecule has 1 aliphatic carbocycles. The molecule has 5 rings (SSSR count). The monoisotopic (exact) mass is 482 g/mol. The summed E-state index contributed by atoms with van der Waals surface area (Å²) in [5.74, 6) is -0.548. The zero-order chi connectivity index (χ0) is 22.1. The molecule has 1 N–H and O–H groups in total. The number of aryl methyl sites for hydroxylation is 1. The Balaban J connectivity index is 1.42. The molecule has 0 aliphatic heterocycles. The van der Waals surface area contributed by atoms with Crippen molar-refractivity contribution in [1.29, 1.82) is 0 Å².